The van der Waals surface area contributed by atoms with Crippen LogP contribution in [0.15, 0.2) is 0 Å². The number of carboxylic acid groups (broad SMARTS) is 1. The largest absolute Gasteiger partial charge is 0.480 e. The Morgan fingerprint density at radius 1 is 1.41 bits per heavy atom. The number of likely N-dealkylation sites (N-methyl/N-ethyl adjacent to an activating group) is 1. The Morgan fingerprint density at radius 3 is 2.47 bits per heavy atom. The Bertz CT molecular complexity index is 318. The van der Waals surface area contributed by atoms with Crippen molar-refractivity contribution in [1.82, 2.24) is 10.2 Å². The molecule has 0 saturated heterocycles. The number of nitrogens with zero attached hydrogens (tertiary/aromatic N) is 1. The number of hydrogen-bond donors (Lipinski definition) is 2. The summed E-state index contributed by atoms with van der Waals surface area (Å²) in [5.41, 5.74) is -1.22. The molecule has 17 heavy (non-hydrogen) atoms. The summed E-state index contributed by atoms with van der Waals surface area (Å²) in [6.45, 7) is 3.46. The van der Waals surface area contributed by atoms with Crippen molar-refractivity contribution in [2.45, 2.75) is 38.6 Å². The minimum absolute atomic E-state index is 0.391. The Kier molecular flexibility index (Phi) is 6.11. The van der Waals surface area contributed by atoms with Gasteiger partial charge in [-0.25, -0.2) is 9.59 Å². The summed E-state index contributed by atoms with van der Waals surface area (Å²) in [6, 6.07) is -0.391. The molecule has 2 N–H and O–H groups in total. The topological polar surface area (TPSA) is 69.6 Å². The van der Waals surface area contributed by atoms with Crippen molar-refractivity contribution in [3.05, 3.63) is 0 Å². The predicted octanol–water partition coefficient (Wildman–Crippen LogP) is 1.29. The summed E-state index contributed by atoms with van der Waals surface area (Å²) in [4.78, 5) is 23.8. The molecular formula is C12H20N2O3. The molecule has 0 radical (unpaired) electrons. The second-order valence-electron chi connectivity index (χ2n) is 4.32. The number of rotatable bonds is 6. The van der Waals surface area contributed by atoms with Crippen LogP contribution in [-0.2, 0) is 4.79 Å². The van der Waals surface area contributed by atoms with E-state index in [4.69, 9.17) is 11.5 Å². The van der Waals surface area contributed by atoms with Gasteiger partial charge in [0.25, 0.3) is 0 Å². The molecule has 0 spiro atoms. The van der Waals surface area contributed by atoms with Crippen molar-refractivity contribution in [3.8, 4) is 12.3 Å². The van der Waals surface area contributed by atoms with Crippen LogP contribution in [-0.4, -0.2) is 41.1 Å². The molecule has 5 nitrogen and oxygen atoms in total. The lowest BCUT2D eigenvalue weighted by molar-refractivity contribution is -0.146. The molecule has 0 aliphatic rings. The smallest absolute Gasteiger partial charge is 0.329 e. The molecule has 0 aromatic rings. The van der Waals surface area contributed by atoms with Gasteiger partial charge in [-0.1, -0.05) is 0 Å². The molecule has 0 aliphatic heterocycles. The third-order valence-electron chi connectivity index (χ3n) is 2.69. The fourth-order valence-corrected chi connectivity index (χ4v) is 1.06. The van der Waals surface area contributed by atoms with E-state index >= 15 is 0 Å². The zero-order chi connectivity index (χ0) is 13.5. The van der Waals surface area contributed by atoms with Crippen molar-refractivity contribution in [3.63, 3.8) is 0 Å². The quantitative estimate of drug-likeness (QED) is 0.543. The lowest BCUT2D eigenvalue weighted by atomic mass is 10.1. The minimum Gasteiger partial charge on any atom is -0.480 e. The molecule has 0 rings (SSSR count). The maximum atomic E-state index is 11.6. The van der Waals surface area contributed by atoms with Crippen molar-refractivity contribution < 1.29 is 14.7 Å². The highest BCUT2D eigenvalue weighted by molar-refractivity contribution is 5.85. The Morgan fingerprint density at radius 2 is 2.00 bits per heavy atom. The van der Waals surface area contributed by atoms with Crippen LogP contribution in [0.4, 0.5) is 4.79 Å². The summed E-state index contributed by atoms with van der Waals surface area (Å²) in [6.07, 6.45) is 7.42. The summed E-state index contributed by atoms with van der Waals surface area (Å²) in [5.74, 6) is 1.48. The molecular weight excluding hydrogens is 220 g/mol. The van der Waals surface area contributed by atoms with E-state index in [1.54, 1.807) is 0 Å². The van der Waals surface area contributed by atoms with E-state index in [9.17, 15) is 9.59 Å². The standard InChI is InChI=1S/C12H20N2O3/c1-5-6-7-8-9-13-11(17)14(4)12(2,3)10(15)16/h1H,6-9H2,2-4H3,(H,13,17)(H,15,16). The van der Waals surface area contributed by atoms with Gasteiger partial charge >= 0.3 is 12.0 Å². The van der Waals surface area contributed by atoms with E-state index in [1.165, 1.54) is 25.8 Å². The number of carbonyl (C=O) groups excluding carboxylic acids is 1. The van der Waals surface area contributed by atoms with Crippen LogP contribution in [0.5, 0.6) is 0 Å². The van der Waals surface area contributed by atoms with Gasteiger partial charge < -0.3 is 15.3 Å². The molecule has 0 aromatic heterocycles. The average molecular weight is 240 g/mol. The van der Waals surface area contributed by atoms with E-state index in [0.29, 0.717) is 13.0 Å². The van der Waals surface area contributed by atoms with Gasteiger partial charge in [0.05, 0.1) is 0 Å². The van der Waals surface area contributed by atoms with Gasteiger partial charge in [0.15, 0.2) is 0 Å². The lowest BCUT2D eigenvalue weighted by Gasteiger charge is -2.31. The van der Waals surface area contributed by atoms with Crippen molar-refractivity contribution in [2.24, 2.45) is 0 Å². The highest BCUT2D eigenvalue weighted by Gasteiger charge is 2.34. The number of urea groups is 1. The third kappa shape index (κ3) is 4.77. The second kappa shape index (κ2) is 6.79. The second-order valence-corrected chi connectivity index (χ2v) is 4.32. The molecule has 0 fully saturated rings. The fraction of sp³-hybridized carbons (Fsp3) is 0.667. The SMILES string of the molecule is C#CCCCCNC(=O)N(C)C(C)(C)C(=O)O. The molecule has 0 aromatic carbocycles. The molecule has 0 saturated carbocycles. The molecule has 5 heteroatoms. The van der Waals surface area contributed by atoms with Crippen LogP contribution in [0, 0.1) is 12.3 Å². The molecule has 96 valence electrons. The number of hydrogen-bond acceptors (Lipinski definition) is 2. The Labute approximate surface area is 102 Å². The van der Waals surface area contributed by atoms with Crippen molar-refractivity contribution >= 4 is 12.0 Å². The number of carbonyl (C=O) groups is 2. The third-order valence-corrected chi connectivity index (χ3v) is 2.69. The van der Waals surface area contributed by atoms with Gasteiger partial charge in [-0.2, -0.15) is 0 Å². The number of unbranched alkanes of at least 4 members (excludes halogenated alkanes) is 2. The van der Waals surface area contributed by atoms with Crippen LogP contribution >= 0.6 is 0 Å². The van der Waals surface area contributed by atoms with Crippen LogP contribution in [0.2, 0.25) is 0 Å². The first-order chi connectivity index (χ1) is 7.84. The maximum absolute atomic E-state index is 11.6. The highest BCUT2D eigenvalue weighted by atomic mass is 16.4. The van der Waals surface area contributed by atoms with Crippen LogP contribution in [0.1, 0.15) is 33.1 Å². The van der Waals surface area contributed by atoms with Gasteiger partial charge in [0.2, 0.25) is 0 Å². The number of carboxylic acids is 1. The monoisotopic (exact) mass is 240 g/mol. The lowest BCUT2D eigenvalue weighted by Crippen LogP contribution is -2.54. The highest BCUT2D eigenvalue weighted by Crippen LogP contribution is 2.12. The van der Waals surface area contributed by atoms with Gasteiger partial charge in [-0.05, 0) is 26.7 Å². The zero-order valence-corrected chi connectivity index (χ0v) is 10.6. The Hall–Kier alpha value is -1.70. The van der Waals surface area contributed by atoms with E-state index in [1.807, 2.05) is 0 Å². The first-order valence-corrected chi connectivity index (χ1v) is 5.52. The molecule has 0 bridgehead atoms. The van der Waals surface area contributed by atoms with E-state index in [-0.39, 0.29) is 0 Å². The normalized spacial score (nSPS) is 10.5. The average Bonchev–Trinajstić information content (AvgIpc) is 2.27. The van der Waals surface area contributed by atoms with Gasteiger partial charge in [0.1, 0.15) is 5.54 Å². The summed E-state index contributed by atoms with van der Waals surface area (Å²) in [5, 5.41) is 11.6. The number of terminal acetylenes is 1. The predicted molar refractivity (Wildman–Crippen MR) is 65.6 cm³/mol. The minimum atomic E-state index is -1.22. The number of amides is 2. The number of nitrogens with one attached hydrogen (secondary N) is 1. The first-order valence-electron chi connectivity index (χ1n) is 5.52. The maximum Gasteiger partial charge on any atom is 0.329 e. The molecule has 0 unspecified atom stereocenters. The van der Waals surface area contributed by atoms with Crippen LogP contribution in [0.25, 0.3) is 0 Å². The van der Waals surface area contributed by atoms with E-state index in [2.05, 4.69) is 11.2 Å². The van der Waals surface area contributed by atoms with E-state index in [0.717, 1.165) is 12.8 Å². The summed E-state index contributed by atoms with van der Waals surface area (Å²) < 4.78 is 0. The summed E-state index contributed by atoms with van der Waals surface area (Å²) >= 11 is 0. The summed E-state index contributed by atoms with van der Waals surface area (Å²) in [7, 11) is 1.46. The van der Waals surface area contributed by atoms with Crippen LogP contribution in [0.3, 0.4) is 0 Å². The zero-order valence-electron chi connectivity index (χ0n) is 10.6. The van der Waals surface area contributed by atoms with Crippen molar-refractivity contribution in [1.29, 1.82) is 0 Å². The van der Waals surface area contributed by atoms with Gasteiger partial charge in [-0.3, -0.25) is 0 Å². The Balaban J connectivity index is 4.07. The van der Waals surface area contributed by atoms with Gasteiger partial charge in [-0.15, -0.1) is 12.3 Å². The van der Waals surface area contributed by atoms with Gasteiger partial charge in [0, 0.05) is 20.0 Å². The van der Waals surface area contributed by atoms with E-state index < -0.39 is 17.5 Å². The molecule has 2 amide bonds. The molecule has 0 aliphatic carbocycles. The first kappa shape index (κ1) is 15.3. The number of aliphatic carboxylic acids is 1. The molecule has 0 atom stereocenters. The molecule has 0 heterocycles. The fourth-order valence-electron chi connectivity index (χ4n) is 1.06. The van der Waals surface area contributed by atoms with Crippen LogP contribution < -0.4 is 5.32 Å². The van der Waals surface area contributed by atoms with Crippen molar-refractivity contribution in [2.75, 3.05) is 13.6 Å².